The van der Waals surface area contributed by atoms with Gasteiger partial charge in [0.25, 0.3) is 0 Å². The minimum absolute atomic E-state index is 0. The van der Waals surface area contributed by atoms with Crippen molar-refractivity contribution in [2.24, 2.45) is 0 Å². The van der Waals surface area contributed by atoms with Gasteiger partial charge in [-0.05, 0) is 0 Å². The van der Waals surface area contributed by atoms with Gasteiger partial charge in [-0.3, -0.25) is 10.1 Å². The number of rotatable bonds is 0. The maximum atomic E-state index is 8.12. The first-order chi connectivity index (χ1) is 1.41. The zero-order valence-corrected chi connectivity index (χ0v) is 1.32. The number of hydrogen-bond donors (Lipinski definition) is 1. The van der Waals surface area contributed by atoms with Gasteiger partial charge in [-0.1, -0.05) is 0 Å². The summed E-state index contributed by atoms with van der Waals surface area (Å²) in [4.78, 5) is 8.12. The topological polar surface area (TPSA) is 54.1 Å². The average molecular weight is 150 g/mol. The van der Waals surface area contributed by atoms with E-state index in [0.717, 1.165) is 0 Å². The molecular formula is H7AlGaNO2. The Balaban J connectivity index is -0.0000000200. The maximum absolute atomic E-state index is 8.12. The molecular weight excluding hydrogens is 143 g/mol. The first-order valence-corrected chi connectivity index (χ1v) is 0.408. The van der Waals surface area contributed by atoms with Gasteiger partial charge in [0.1, 0.15) is 0 Å². The second-order valence-electron chi connectivity index (χ2n) is 0.0833. The Morgan fingerprint density at radius 2 is 1.60 bits per heavy atom. The quantitative estimate of drug-likeness (QED) is 0.217. The molecule has 3 nitrogen and oxygen atoms in total. The molecule has 0 aliphatic heterocycles. The average Bonchev–Trinajstić information content (AvgIpc) is 0.918. The second kappa shape index (κ2) is 23.6. The predicted molar refractivity (Wildman–Crippen MR) is 27.6 cm³/mol. The molecule has 30 valence electrons. The van der Waals surface area contributed by atoms with Crippen LogP contribution in [-0.4, -0.2) is 37.2 Å². The van der Waals surface area contributed by atoms with Gasteiger partial charge < -0.3 is 0 Å². The molecule has 5 heavy (non-hydrogen) atoms. The normalized spacial score (nSPS) is 2.40. The number of nitrogens with one attached hydrogen (secondary N) is 1. The van der Waals surface area contributed by atoms with Crippen LogP contribution in [0.2, 0.25) is 0 Å². The van der Waals surface area contributed by atoms with Crippen molar-refractivity contribution in [3.8, 4) is 0 Å². The van der Waals surface area contributed by atoms with E-state index >= 15 is 0 Å². The van der Waals surface area contributed by atoms with Crippen molar-refractivity contribution in [2.75, 3.05) is 0 Å². The second-order valence-corrected chi connectivity index (χ2v) is 0.0833. The van der Waals surface area contributed by atoms with Crippen LogP contribution in [0.1, 0.15) is 0 Å². The molecule has 1 N–H and O–H groups in total. The Hall–Kier alpha value is 0.569. The molecule has 0 aromatic rings. The van der Waals surface area contributed by atoms with Crippen molar-refractivity contribution < 1.29 is 5.34 Å². The van der Waals surface area contributed by atoms with Crippen LogP contribution in [-0.2, 0) is 0 Å². The fraction of sp³-hybridized carbons (Fsp3) is 0. The van der Waals surface area contributed by atoms with Crippen molar-refractivity contribution in [3.05, 3.63) is 10.1 Å². The van der Waals surface area contributed by atoms with Crippen LogP contribution < -0.4 is 5.34 Å². The third-order valence-corrected chi connectivity index (χ3v) is 0. The monoisotopic (exact) mass is 149 g/mol. The third-order valence-electron chi connectivity index (χ3n) is 0. The first-order valence-electron chi connectivity index (χ1n) is 0.408. The summed E-state index contributed by atoms with van der Waals surface area (Å²) in [5.41, 5.74) is 0. The molecule has 0 aromatic heterocycles. The van der Waals surface area contributed by atoms with Gasteiger partial charge in [0, 0.05) is 5.34 Å². The van der Waals surface area contributed by atoms with Crippen LogP contribution >= 0.6 is 0 Å². The summed E-state index contributed by atoms with van der Waals surface area (Å²) in [6, 6.07) is 0. The molecule has 0 saturated carbocycles. The molecule has 0 bridgehead atoms. The molecule has 0 atom stereocenters. The predicted octanol–water partition coefficient (Wildman–Crippen LogP) is -4.04. The van der Waals surface area contributed by atoms with Crippen molar-refractivity contribution >= 4 is 37.2 Å². The van der Waals surface area contributed by atoms with E-state index in [-0.39, 0.29) is 42.5 Å². The standard InChI is InChI=1S/Al.Ga.HNO2.6H/c;;2-1-3;;;;;;/h;;1H;;;;;;. The summed E-state index contributed by atoms with van der Waals surface area (Å²) in [6.07, 6.45) is 0. The Labute approximate surface area is 52.9 Å². The summed E-state index contributed by atoms with van der Waals surface area (Å²) in [5.74, 6) is 0. The van der Waals surface area contributed by atoms with E-state index in [2.05, 4.69) is 0 Å². The Bertz CT molecular complexity index is 17.1. The zero-order chi connectivity index (χ0) is 2.71. The van der Waals surface area contributed by atoms with Gasteiger partial charge in [0.15, 0.2) is 17.4 Å². The van der Waals surface area contributed by atoms with Crippen molar-refractivity contribution in [1.29, 1.82) is 0 Å². The Morgan fingerprint density at radius 1 is 1.60 bits per heavy atom. The molecule has 0 saturated heterocycles. The van der Waals surface area contributed by atoms with Gasteiger partial charge in [0.05, 0.1) is 0 Å². The Kier molecular flexibility index (Phi) is 83.3. The summed E-state index contributed by atoms with van der Waals surface area (Å²) in [7, 11) is 0. The third kappa shape index (κ3) is 93.2. The van der Waals surface area contributed by atoms with Gasteiger partial charge in [0.2, 0.25) is 0 Å². The van der Waals surface area contributed by atoms with E-state index < -0.39 is 0 Å². The van der Waals surface area contributed by atoms with Crippen molar-refractivity contribution in [2.45, 2.75) is 0 Å². The summed E-state index contributed by atoms with van der Waals surface area (Å²) < 4.78 is 0. The molecule has 0 amide bonds. The van der Waals surface area contributed by atoms with E-state index in [1.54, 1.807) is 0 Å². The van der Waals surface area contributed by atoms with E-state index in [1.807, 2.05) is 0 Å². The fourth-order valence-corrected chi connectivity index (χ4v) is 0. The molecule has 0 radical (unpaired) electrons. The molecule has 0 spiro atoms. The molecule has 0 aliphatic carbocycles. The summed E-state index contributed by atoms with van der Waals surface area (Å²) >= 11 is 0. The molecule has 0 rings (SSSR count). The number of hydrogen-bond acceptors (Lipinski definition) is 2. The molecule has 0 heterocycles. The summed E-state index contributed by atoms with van der Waals surface area (Å²) in [6.45, 7) is 0. The van der Waals surface area contributed by atoms with Crippen molar-refractivity contribution in [1.82, 2.24) is 0 Å². The molecule has 0 unspecified atom stereocenters. The summed E-state index contributed by atoms with van der Waals surface area (Å²) in [5, 5.41) is 8.38. The van der Waals surface area contributed by atoms with E-state index in [4.69, 9.17) is 10.1 Å². The van der Waals surface area contributed by atoms with Gasteiger partial charge in [-0.15, -0.1) is 0 Å². The van der Waals surface area contributed by atoms with Crippen LogP contribution in [0, 0.1) is 10.1 Å². The molecule has 5 heteroatoms. The van der Waals surface area contributed by atoms with Gasteiger partial charge in [-0.2, -0.15) is 0 Å². The first kappa shape index (κ1) is 17.6. The molecule has 0 fully saturated rings. The van der Waals surface area contributed by atoms with Gasteiger partial charge in [-0.25, -0.2) is 0 Å². The van der Waals surface area contributed by atoms with Crippen LogP contribution in [0.3, 0.4) is 0 Å². The van der Waals surface area contributed by atoms with Crippen LogP contribution in [0.5, 0.6) is 0 Å². The SMILES string of the molecule is O=[NH+][O-].[AlH3].[GaH3]. The van der Waals surface area contributed by atoms with Crippen LogP contribution in [0.15, 0.2) is 0 Å². The molecule has 0 aliphatic rings. The van der Waals surface area contributed by atoms with Crippen LogP contribution in [0.4, 0.5) is 0 Å². The van der Waals surface area contributed by atoms with E-state index in [0.29, 0.717) is 0 Å². The zero-order valence-electron chi connectivity index (χ0n) is 1.32. The molecule has 0 aromatic carbocycles. The van der Waals surface area contributed by atoms with E-state index in [9.17, 15) is 0 Å². The van der Waals surface area contributed by atoms with Gasteiger partial charge >= 0.3 is 19.8 Å². The van der Waals surface area contributed by atoms with Crippen molar-refractivity contribution in [3.63, 3.8) is 0 Å². The minimum atomic E-state index is 0. The Morgan fingerprint density at radius 3 is 1.60 bits per heavy atom. The fourth-order valence-electron chi connectivity index (χ4n) is 0. The van der Waals surface area contributed by atoms with Crippen LogP contribution in [0.25, 0.3) is 0 Å². The van der Waals surface area contributed by atoms with E-state index in [1.165, 1.54) is 0 Å².